The van der Waals surface area contributed by atoms with Gasteiger partial charge in [-0.1, -0.05) is 0 Å². The summed E-state index contributed by atoms with van der Waals surface area (Å²) < 4.78 is 5.70. The van der Waals surface area contributed by atoms with Gasteiger partial charge in [-0.15, -0.1) is 0 Å². The van der Waals surface area contributed by atoms with Gasteiger partial charge in [-0.3, -0.25) is 4.79 Å². The van der Waals surface area contributed by atoms with Gasteiger partial charge in [0.25, 0.3) is 5.91 Å². The molecule has 3 amide bonds. The molecule has 1 atom stereocenters. The van der Waals surface area contributed by atoms with E-state index in [2.05, 4.69) is 20.5 Å². The molecule has 1 saturated carbocycles. The first-order valence-electron chi connectivity index (χ1n) is 11.2. The number of ether oxygens (including phenoxy) is 1. The maximum atomic E-state index is 13.4. The Bertz CT molecular complexity index is 1040. The summed E-state index contributed by atoms with van der Waals surface area (Å²) in [5.74, 6) is 1.98. The van der Waals surface area contributed by atoms with Crippen LogP contribution in [0.3, 0.4) is 0 Å². The molecule has 0 radical (unpaired) electrons. The minimum absolute atomic E-state index is 0.0636. The van der Waals surface area contributed by atoms with Crippen LogP contribution in [0.4, 0.5) is 22.0 Å². The predicted octanol–water partition coefficient (Wildman–Crippen LogP) is 2.64. The summed E-state index contributed by atoms with van der Waals surface area (Å²) in [4.78, 5) is 38.6. The number of amides is 3. The first-order chi connectivity index (χ1) is 15.5. The molecular formula is C23H28N6O3. The van der Waals surface area contributed by atoms with Crippen molar-refractivity contribution in [2.45, 2.75) is 32.2 Å². The van der Waals surface area contributed by atoms with Crippen molar-refractivity contribution in [2.75, 3.05) is 48.0 Å². The maximum absolute atomic E-state index is 13.4. The molecule has 2 aliphatic heterocycles. The highest BCUT2D eigenvalue weighted by atomic mass is 16.5. The number of rotatable bonds is 5. The first-order valence-corrected chi connectivity index (χ1v) is 11.2. The first kappa shape index (κ1) is 20.7. The van der Waals surface area contributed by atoms with Crippen LogP contribution < -0.4 is 20.4 Å². The van der Waals surface area contributed by atoms with Gasteiger partial charge in [0.1, 0.15) is 11.2 Å². The number of benzene rings is 1. The number of carbonyl (C=O) groups excluding carboxylic acids is 2. The molecule has 3 aliphatic rings. The van der Waals surface area contributed by atoms with Crippen molar-refractivity contribution >= 4 is 29.1 Å². The van der Waals surface area contributed by atoms with Crippen LogP contribution in [-0.2, 0) is 9.53 Å². The van der Waals surface area contributed by atoms with Gasteiger partial charge in [0, 0.05) is 30.9 Å². The van der Waals surface area contributed by atoms with E-state index in [1.807, 2.05) is 43.0 Å². The van der Waals surface area contributed by atoms with Crippen molar-refractivity contribution in [1.82, 2.24) is 15.3 Å². The molecule has 2 fully saturated rings. The van der Waals surface area contributed by atoms with Crippen LogP contribution in [0.2, 0.25) is 0 Å². The molecule has 1 saturated heterocycles. The van der Waals surface area contributed by atoms with Crippen LogP contribution in [-0.4, -0.2) is 60.3 Å². The van der Waals surface area contributed by atoms with Gasteiger partial charge >= 0.3 is 6.03 Å². The van der Waals surface area contributed by atoms with Crippen LogP contribution in [0.25, 0.3) is 11.4 Å². The normalized spacial score (nSPS) is 22.2. The molecule has 32 heavy (non-hydrogen) atoms. The molecule has 5 rings (SSSR count). The topological polar surface area (TPSA) is 99.7 Å². The van der Waals surface area contributed by atoms with Gasteiger partial charge in [0.15, 0.2) is 11.6 Å². The summed E-state index contributed by atoms with van der Waals surface area (Å²) in [6.07, 6.45) is 4.09. The summed E-state index contributed by atoms with van der Waals surface area (Å²) in [6.45, 7) is 6.61. The maximum Gasteiger partial charge on any atom is 0.319 e. The zero-order chi connectivity index (χ0) is 22.3. The minimum atomic E-state index is -0.758. The van der Waals surface area contributed by atoms with Crippen LogP contribution in [0.1, 0.15) is 26.7 Å². The van der Waals surface area contributed by atoms with E-state index in [1.165, 1.54) is 0 Å². The fourth-order valence-corrected chi connectivity index (χ4v) is 4.34. The van der Waals surface area contributed by atoms with Gasteiger partial charge in [-0.2, -0.15) is 0 Å². The molecule has 168 valence electrons. The largest absolute Gasteiger partial charge is 0.377 e. The lowest BCUT2D eigenvalue weighted by Crippen LogP contribution is -2.67. The number of fused-ring (bicyclic) bond motifs is 3. The van der Waals surface area contributed by atoms with Crippen molar-refractivity contribution in [3.63, 3.8) is 0 Å². The molecule has 3 heterocycles. The van der Waals surface area contributed by atoms with Gasteiger partial charge in [-0.25, -0.2) is 14.8 Å². The van der Waals surface area contributed by atoms with E-state index < -0.39 is 5.54 Å². The summed E-state index contributed by atoms with van der Waals surface area (Å²) in [7, 11) is 0. The fourth-order valence-electron chi connectivity index (χ4n) is 4.34. The van der Waals surface area contributed by atoms with Crippen molar-refractivity contribution in [1.29, 1.82) is 0 Å². The standard InChI is InChI=1S/C23H28N6O3/c1-3-24-22(31)26-17-8-6-16(7-9-17)19-25-12-18-20(27-19)29-10-11-32-14-23(29,2)21(30)28(18)13-15-4-5-15/h6-9,12,15H,3-5,10-11,13-14H2,1-2H3,(H2,24,26,31)/t23-/m0/s1. The van der Waals surface area contributed by atoms with Gasteiger partial charge in [0.2, 0.25) is 0 Å². The Morgan fingerprint density at radius 2 is 2.06 bits per heavy atom. The van der Waals surface area contributed by atoms with Crippen molar-refractivity contribution in [3.8, 4) is 11.4 Å². The second-order valence-electron chi connectivity index (χ2n) is 8.80. The second kappa shape index (κ2) is 8.05. The number of aromatic nitrogens is 2. The monoisotopic (exact) mass is 436 g/mol. The van der Waals surface area contributed by atoms with Crippen LogP contribution in [0, 0.1) is 5.92 Å². The molecule has 9 heteroatoms. The third-order valence-electron chi connectivity index (χ3n) is 6.32. The molecule has 1 aliphatic carbocycles. The number of hydrogen-bond acceptors (Lipinski definition) is 6. The fraction of sp³-hybridized carbons (Fsp3) is 0.478. The Morgan fingerprint density at radius 3 is 2.78 bits per heavy atom. The third-order valence-corrected chi connectivity index (χ3v) is 6.32. The molecular weight excluding hydrogens is 408 g/mol. The SMILES string of the molecule is CCNC(=O)Nc1ccc(-c2ncc3c(n2)N2CCOC[C@@]2(C)C(=O)N3CC2CC2)cc1. The zero-order valence-corrected chi connectivity index (χ0v) is 18.4. The quantitative estimate of drug-likeness (QED) is 0.748. The molecule has 9 nitrogen and oxygen atoms in total. The van der Waals surface area contributed by atoms with Gasteiger partial charge in [0.05, 0.1) is 19.4 Å². The van der Waals surface area contributed by atoms with Crippen LogP contribution in [0.15, 0.2) is 30.5 Å². The summed E-state index contributed by atoms with van der Waals surface area (Å²) in [5.41, 5.74) is 1.56. The van der Waals surface area contributed by atoms with E-state index in [4.69, 9.17) is 9.72 Å². The molecule has 1 aromatic heterocycles. The van der Waals surface area contributed by atoms with E-state index >= 15 is 0 Å². The van der Waals surface area contributed by atoms with E-state index in [1.54, 1.807) is 6.20 Å². The number of nitrogens with one attached hydrogen (secondary N) is 2. The van der Waals surface area contributed by atoms with Crippen LogP contribution >= 0.6 is 0 Å². The van der Waals surface area contributed by atoms with Crippen molar-refractivity contribution < 1.29 is 14.3 Å². The highest BCUT2D eigenvalue weighted by Crippen LogP contribution is 2.43. The van der Waals surface area contributed by atoms with Gasteiger partial charge < -0.3 is 25.2 Å². The molecule has 2 N–H and O–H groups in total. The van der Waals surface area contributed by atoms with E-state index in [0.29, 0.717) is 50.3 Å². The number of anilines is 3. The number of nitrogens with zero attached hydrogens (tertiary/aromatic N) is 4. The van der Waals surface area contributed by atoms with E-state index in [0.717, 1.165) is 29.9 Å². The lowest BCUT2D eigenvalue weighted by molar-refractivity contribution is -0.127. The Balaban J connectivity index is 1.48. The molecule has 2 aromatic rings. The molecule has 1 aromatic carbocycles. The van der Waals surface area contributed by atoms with Crippen molar-refractivity contribution in [3.05, 3.63) is 30.5 Å². The van der Waals surface area contributed by atoms with E-state index in [9.17, 15) is 9.59 Å². The zero-order valence-electron chi connectivity index (χ0n) is 18.4. The Labute approximate surface area is 187 Å². The average Bonchev–Trinajstić information content (AvgIpc) is 3.61. The number of morpholine rings is 1. The highest BCUT2D eigenvalue weighted by Gasteiger charge is 2.51. The minimum Gasteiger partial charge on any atom is -0.377 e. The van der Waals surface area contributed by atoms with Crippen LogP contribution in [0.5, 0.6) is 0 Å². The summed E-state index contributed by atoms with van der Waals surface area (Å²) in [6, 6.07) is 7.19. The Hall–Kier alpha value is -3.20. The van der Waals surface area contributed by atoms with Gasteiger partial charge in [-0.05, 0) is 56.9 Å². The molecule has 0 unspecified atom stereocenters. The summed E-state index contributed by atoms with van der Waals surface area (Å²) in [5, 5.41) is 5.50. The smallest absolute Gasteiger partial charge is 0.319 e. The lowest BCUT2D eigenvalue weighted by atomic mass is 9.93. The third kappa shape index (κ3) is 3.66. The predicted molar refractivity (Wildman–Crippen MR) is 122 cm³/mol. The second-order valence-corrected chi connectivity index (χ2v) is 8.80. The Kier molecular flexibility index (Phi) is 5.21. The average molecular weight is 437 g/mol. The lowest BCUT2D eigenvalue weighted by Gasteiger charge is -2.50. The Morgan fingerprint density at radius 1 is 1.28 bits per heavy atom. The van der Waals surface area contributed by atoms with E-state index in [-0.39, 0.29) is 11.9 Å². The number of hydrogen-bond donors (Lipinski definition) is 2. The number of carbonyl (C=O) groups is 2. The highest BCUT2D eigenvalue weighted by molar-refractivity contribution is 6.08. The molecule has 0 bridgehead atoms. The number of urea groups is 1. The molecule has 0 spiro atoms. The van der Waals surface area contributed by atoms with Crippen molar-refractivity contribution in [2.24, 2.45) is 5.92 Å². The summed E-state index contributed by atoms with van der Waals surface area (Å²) >= 11 is 0.